The molecule has 0 radical (unpaired) electrons. The van der Waals surface area contributed by atoms with Crippen LogP contribution in [0.15, 0.2) is 29.2 Å². The van der Waals surface area contributed by atoms with Gasteiger partial charge in [-0.1, -0.05) is 0 Å². The Bertz CT molecular complexity index is 1190. The fourth-order valence-electron chi connectivity index (χ4n) is 3.17. The minimum absolute atomic E-state index is 0.139. The molecule has 0 saturated carbocycles. The van der Waals surface area contributed by atoms with Crippen LogP contribution in [0, 0.1) is 0 Å². The first-order valence-electron chi connectivity index (χ1n) is 8.89. The van der Waals surface area contributed by atoms with E-state index in [-0.39, 0.29) is 28.5 Å². The second-order valence-electron chi connectivity index (χ2n) is 6.96. The summed E-state index contributed by atoms with van der Waals surface area (Å²) in [6.45, 7) is 1.03. The number of nitrogens with zero attached hydrogens (tertiary/aromatic N) is 4. The Morgan fingerprint density at radius 1 is 1.20 bits per heavy atom. The van der Waals surface area contributed by atoms with Gasteiger partial charge in [0.1, 0.15) is 6.54 Å². The summed E-state index contributed by atoms with van der Waals surface area (Å²) in [4.78, 5) is 29.6. The standard InChI is InChI=1S/C18H15F5N4O2S/c1-25-15-11(27(16(25)29)9-14(28)26-5-2-6-26)7-10(8-24-15)12-3-4-13(30-12)17(19,20)18(21,22)23/h3-4,7-8H,2,5-6,9H2,1H3. The van der Waals surface area contributed by atoms with Crippen molar-refractivity contribution in [2.45, 2.75) is 25.1 Å². The molecular formula is C18H15F5N4O2S. The predicted octanol–water partition coefficient (Wildman–Crippen LogP) is 3.35. The van der Waals surface area contributed by atoms with Crippen molar-refractivity contribution in [1.29, 1.82) is 0 Å². The quantitative estimate of drug-likeness (QED) is 0.578. The van der Waals surface area contributed by atoms with E-state index in [1.165, 1.54) is 28.4 Å². The average molecular weight is 446 g/mol. The maximum atomic E-state index is 13.6. The molecule has 0 unspecified atom stereocenters. The fourth-order valence-corrected chi connectivity index (χ4v) is 4.15. The molecule has 160 valence electrons. The van der Waals surface area contributed by atoms with Crippen LogP contribution in [0.1, 0.15) is 11.3 Å². The largest absolute Gasteiger partial charge is 0.458 e. The smallest absolute Gasteiger partial charge is 0.341 e. The SMILES string of the molecule is Cn1c(=O)n(CC(=O)N2CCC2)c2cc(-c3ccc(C(F)(F)C(F)(F)F)s3)cnc21. The molecular weight excluding hydrogens is 431 g/mol. The van der Waals surface area contributed by atoms with Crippen LogP contribution in [0.5, 0.6) is 0 Å². The van der Waals surface area contributed by atoms with Gasteiger partial charge in [-0.25, -0.2) is 9.78 Å². The van der Waals surface area contributed by atoms with Gasteiger partial charge < -0.3 is 4.90 Å². The van der Waals surface area contributed by atoms with Gasteiger partial charge in [0.2, 0.25) is 5.91 Å². The lowest BCUT2D eigenvalue weighted by Crippen LogP contribution is -2.44. The average Bonchev–Trinajstić information content (AvgIpc) is 3.20. The molecule has 0 bridgehead atoms. The van der Waals surface area contributed by atoms with Crippen LogP contribution in [-0.4, -0.2) is 44.2 Å². The van der Waals surface area contributed by atoms with Crippen LogP contribution in [0.3, 0.4) is 0 Å². The Morgan fingerprint density at radius 2 is 1.90 bits per heavy atom. The Kier molecular flexibility index (Phi) is 4.71. The third-order valence-electron chi connectivity index (χ3n) is 5.03. The summed E-state index contributed by atoms with van der Waals surface area (Å²) in [5.74, 6) is -5.20. The normalized spacial score (nSPS) is 14.9. The van der Waals surface area contributed by atoms with Gasteiger partial charge >= 0.3 is 17.8 Å². The lowest BCUT2D eigenvalue weighted by Gasteiger charge is -2.30. The molecule has 1 fully saturated rings. The number of hydrogen-bond acceptors (Lipinski definition) is 4. The van der Waals surface area contributed by atoms with E-state index in [1.54, 1.807) is 4.90 Å². The van der Waals surface area contributed by atoms with E-state index in [1.807, 2.05) is 0 Å². The number of thiophene rings is 1. The van der Waals surface area contributed by atoms with E-state index < -0.39 is 22.7 Å². The summed E-state index contributed by atoms with van der Waals surface area (Å²) in [7, 11) is 1.48. The number of halogens is 5. The Hall–Kier alpha value is -2.76. The zero-order valence-corrected chi connectivity index (χ0v) is 16.4. The van der Waals surface area contributed by atoms with E-state index in [0.717, 1.165) is 18.6 Å². The van der Waals surface area contributed by atoms with Gasteiger partial charge in [0.25, 0.3) is 0 Å². The highest BCUT2D eigenvalue weighted by atomic mass is 32.1. The van der Waals surface area contributed by atoms with Gasteiger partial charge in [0, 0.05) is 36.8 Å². The summed E-state index contributed by atoms with van der Waals surface area (Å²) in [6.07, 6.45) is -3.51. The highest BCUT2D eigenvalue weighted by molar-refractivity contribution is 7.15. The van der Waals surface area contributed by atoms with Crippen molar-refractivity contribution in [2.24, 2.45) is 7.05 Å². The molecule has 6 nitrogen and oxygen atoms in total. The second kappa shape index (κ2) is 6.89. The van der Waals surface area contributed by atoms with E-state index >= 15 is 0 Å². The monoisotopic (exact) mass is 446 g/mol. The lowest BCUT2D eigenvalue weighted by atomic mass is 10.2. The molecule has 0 N–H and O–H groups in total. The third-order valence-corrected chi connectivity index (χ3v) is 6.24. The number of alkyl halides is 5. The molecule has 3 aromatic heterocycles. The van der Waals surface area contributed by atoms with Crippen LogP contribution in [-0.2, 0) is 24.3 Å². The number of aryl methyl sites for hydroxylation is 1. The maximum Gasteiger partial charge on any atom is 0.458 e. The summed E-state index contributed by atoms with van der Waals surface area (Å²) >= 11 is 0.297. The first-order chi connectivity index (χ1) is 14.0. The van der Waals surface area contributed by atoms with E-state index in [0.29, 0.717) is 29.9 Å². The number of aromatic nitrogens is 3. The van der Waals surface area contributed by atoms with Crippen LogP contribution in [0.4, 0.5) is 22.0 Å². The van der Waals surface area contributed by atoms with E-state index in [4.69, 9.17) is 0 Å². The molecule has 3 aromatic rings. The van der Waals surface area contributed by atoms with Crippen LogP contribution >= 0.6 is 11.3 Å². The molecule has 1 amide bonds. The molecule has 30 heavy (non-hydrogen) atoms. The molecule has 1 aliphatic rings. The van der Waals surface area contributed by atoms with Gasteiger partial charge in [-0.05, 0) is 24.6 Å². The second-order valence-corrected chi connectivity index (χ2v) is 8.05. The van der Waals surface area contributed by atoms with E-state index in [9.17, 15) is 31.5 Å². The number of hydrogen-bond donors (Lipinski definition) is 0. The zero-order chi connectivity index (χ0) is 21.8. The molecule has 4 rings (SSSR count). The molecule has 0 atom stereocenters. The van der Waals surface area contributed by atoms with Crippen molar-refractivity contribution in [3.63, 3.8) is 0 Å². The molecule has 0 aliphatic carbocycles. The number of amides is 1. The van der Waals surface area contributed by atoms with E-state index in [2.05, 4.69) is 4.98 Å². The molecule has 12 heteroatoms. The minimum atomic E-state index is -5.70. The Balaban J connectivity index is 1.74. The number of carbonyl (C=O) groups is 1. The summed E-state index contributed by atoms with van der Waals surface area (Å²) < 4.78 is 67.6. The first kappa shape index (κ1) is 20.5. The van der Waals surface area contributed by atoms with Crippen LogP contribution in [0.25, 0.3) is 21.6 Å². The molecule has 4 heterocycles. The van der Waals surface area contributed by atoms with Gasteiger partial charge in [0.05, 0.1) is 10.4 Å². The van der Waals surface area contributed by atoms with Gasteiger partial charge in [-0.2, -0.15) is 22.0 Å². The maximum absolute atomic E-state index is 13.6. The summed E-state index contributed by atoms with van der Waals surface area (Å²) in [5.41, 5.74) is 0.371. The Labute approximate surface area is 170 Å². The molecule has 1 saturated heterocycles. The molecule has 0 spiro atoms. The van der Waals surface area contributed by atoms with Gasteiger partial charge in [-0.3, -0.25) is 13.9 Å². The summed E-state index contributed by atoms with van der Waals surface area (Å²) in [6, 6.07) is 3.34. The van der Waals surface area contributed by atoms with Crippen molar-refractivity contribution in [1.82, 2.24) is 19.0 Å². The topological polar surface area (TPSA) is 60.1 Å². The van der Waals surface area contributed by atoms with Gasteiger partial charge in [-0.15, -0.1) is 11.3 Å². The number of imidazole rings is 1. The number of rotatable bonds is 4. The van der Waals surface area contributed by atoms with Gasteiger partial charge in [0.15, 0.2) is 5.65 Å². The highest BCUT2D eigenvalue weighted by Crippen LogP contribution is 2.47. The van der Waals surface area contributed by atoms with Crippen molar-refractivity contribution in [3.8, 4) is 10.4 Å². The fraction of sp³-hybridized carbons (Fsp3) is 0.389. The minimum Gasteiger partial charge on any atom is -0.341 e. The zero-order valence-electron chi connectivity index (χ0n) is 15.5. The molecule has 1 aliphatic heterocycles. The summed E-state index contributed by atoms with van der Waals surface area (Å²) in [5, 5.41) is 0. The van der Waals surface area contributed by atoms with Crippen molar-refractivity contribution in [2.75, 3.05) is 13.1 Å². The van der Waals surface area contributed by atoms with Crippen LogP contribution in [0.2, 0.25) is 0 Å². The number of pyridine rings is 1. The van der Waals surface area contributed by atoms with Crippen molar-refractivity contribution in [3.05, 3.63) is 39.8 Å². The third kappa shape index (κ3) is 3.18. The number of carbonyl (C=O) groups excluding carboxylic acids is 1. The highest BCUT2D eigenvalue weighted by Gasteiger charge is 2.59. The van der Waals surface area contributed by atoms with Crippen molar-refractivity contribution < 1.29 is 26.7 Å². The van der Waals surface area contributed by atoms with Crippen LogP contribution < -0.4 is 5.69 Å². The van der Waals surface area contributed by atoms with Crippen molar-refractivity contribution >= 4 is 28.4 Å². The first-order valence-corrected chi connectivity index (χ1v) is 9.70. The lowest BCUT2D eigenvalue weighted by molar-refractivity contribution is -0.287. The predicted molar refractivity (Wildman–Crippen MR) is 99.4 cm³/mol. The Morgan fingerprint density at radius 3 is 2.50 bits per heavy atom. The number of likely N-dealkylation sites (tertiary alicyclic amines) is 1. The number of fused-ring (bicyclic) bond motifs is 1. The molecule has 0 aromatic carbocycles.